The van der Waals surface area contributed by atoms with Gasteiger partial charge in [0.05, 0.1) is 17.8 Å². The third-order valence-corrected chi connectivity index (χ3v) is 4.16. The second-order valence-electron chi connectivity index (χ2n) is 6.50. The molecule has 0 bridgehead atoms. The number of carbonyl (C=O) groups excluding carboxylic acids is 1. The monoisotopic (exact) mass is 342 g/mol. The van der Waals surface area contributed by atoms with Crippen molar-refractivity contribution in [3.8, 4) is 5.75 Å². The standard InChI is InChI=1S/C16H21BF2O5/c1-6-21-13(20)16(18,19)22-12-9-7-11(8-10-12)17-23-14(2,3)15(4,5)24-17/h7-10H,6H2,1-5H3. The molecule has 0 saturated carbocycles. The number of halogens is 2. The molecule has 0 spiro atoms. The highest BCUT2D eigenvalue weighted by Gasteiger charge is 2.51. The Morgan fingerprint density at radius 2 is 1.62 bits per heavy atom. The van der Waals surface area contributed by atoms with E-state index in [-0.39, 0.29) is 12.4 Å². The molecule has 0 aliphatic carbocycles. The Balaban J connectivity index is 2.08. The van der Waals surface area contributed by atoms with E-state index in [1.165, 1.54) is 19.1 Å². The summed E-state index contributed by atoms with van der Waals surface area (Å²) in [6.07, 6.45) is -4.04. The summed E-state index contributed by atoms with van der Waals surface area (Å²) in [4.78, 5) is 11.2. The molecule has 1 aromatic carbocycles. The third-order valence-electron chi connectivity index (χ3n) is 4.16. The normalized spacial score (nSPS) is 19.2. The van der Waals surface area contributed by atoms with Gasteiger partial charge in [0.15, 0.2) is 0 Å². The second-order valence-corrected chi connectivity index (χ2v) is 6.50. The summed E-state index contributed by atoms with van der Waals surface area (Å²) in [5.74, 6) is -1.88. The Kier molecular flexibility index (Phi) is 4.92. The summed E-state index contributed by atoms with van der Waals surface area (Å²) in [5.41, 5.74) is -0.325. The lowest BCUT2D eigenvalue weighted by Crippen LogP contribution is -2.41. The summed E-state index contributed by atoms with van der Waals surface area (Å²) in [7, 11) is -0.602. The van der Waals surface area contributed by atoms with Gasteiger partial charge < -0.3 is 18.8 Å². The Morgan fingerprint density at radius 3 is 2.08 bits per heavy atom. The molecule has 1 heterocycles. The molecule has 132 valence electrons. The average molecular weight is 342 g/mol. The fourth-order valence-electron chi connectivity index (χ4n) is 2.08. The molecule has 0 atom stereocenters. The van der Waals surface area contributed by atoms with Gasteiger partial charge in [0.2, 0.25) is 0 Å². The average Bonchev–Trinajstić information content (AvgIpc) is 2.68. The SMILES string of the molecule is CCOC(=O)C(F)(F)Oc1ccc(B2OC(C)(C)C(C)(C)O2)cc1. The van der Waals surface area contributed by atoms with Gasteiger partial charge in [0, 0.05) is 0 Å². The number of ether oxygens (including phenoxy) is 2. The summed E-state index contributed by atoms with van der Waals surface area (Å²) in [6.45, 7) is 8.97. The van der Waals surface area contributed by atoms with Crippen LogP contribution < -0.4 is 10.2 Å². The first-order chi connectivity index (χ1) is 11.0. The number of hydrogen-bond acceptors (Lipinski definition) is 5. The van der Waals surface area contributed by atoms with Crippen LogP contribution in [0.25, 0.3) is 0 Å². The zero-order valence-electron chi connectivity index (χ0n) is 14.4. The molecule has 1 aliphatic rings. The van der Waals surface area contributed by atoms with E-state index in [1.54, 1.807) is 12.1 Å². The topological polar surface area (TPSA) is 54.0 Å². The first kappa shape index (κ1) is 18.7. The van der Waals surface area contributed by atoms with E-state index < -0.39 is 30.4 Å². The van der Waals surface area contributed by atoms with E-state index in [0.717, 1.165) is 0 Å². The predicted molar refractivity (Wildman–Crippen MR) is 84.4 cm³/mol. The fourth-order valence-corrected chi connectivity index (χ4v) is 2.08. The summed E-state index contributed by atoms with van der Waals surface area (Å²) < 4.78 is 47.6. The van der Waals surface area contributed by atoms with Crippen LogP contribution in [0.3, 0.4) is 0 Å². The van der Waals surface area contributed by atoms with Crippen LogP contribution in [0.2, 0.25) is 0 Å². The largest absolute Gasteiger partial charge is 0.502 e. The van der Waals surface area contributed by atoms with Gasteiger partial charge in [-0.05, 0) is 52.2 Å². The van der Waals surface area contributed by atoms with Crippen molar-refractivity contribution in [2.24, 2.45) is 0 Å². The minimum Gasteiger partial charge on any atom is -0.459 e. The number of carbonyl (C=O) groups is 1. The minimum absolute atomic E-state index is 0.154. The molecule has 0 amide bonds. The maximum atomic E-state index is 13.5. The van der Waals surface area contributed by atoms with Crippen LogP contribution in [0.15, 0.2) is 24.3 Å². The van der Waals surface area contributed by atoms with Gasteiger partial charge in [-0.25, -0.2) is 4.79 Å². The minimum atomic E-state index is -4.04. The lowest BCUT2D eigenvalue weighted by Gasteiger charge is -2.32. The van der Waals surface area contributed by atoms with Gasteiger partial charge in [-0.1, -0.05) is 12.1 Å². The van der Waals surface area contributed by atoms with Crippen LogP contribution in [0.1, 0.15) is 34.6 Å². The predicted octanol–water partition coefficient (Wildman–Crippen LogP) is 2.52. The van der Waals surface area contributed by atoms with Crippen LogP contribution in [0.4, 0.5) is 8.78 Å². The van der Waals surface area contributed by atoms with E-state index in [2.05, 4.69) is 9.47 Å². The van der Waals surface area contributed by atoms with Gasteiger partial charge in [-0.3, -0.25) is 0 Å². The molecule has 2 rings (SSSR count). The highest BCUT2D eigenvalue weighted by molar-refractivity contribution is 6.62. The molecule has 1 aliphatic heterocycles. The molecule has 24 heavy (non-hydrogen) atoms. The van der Waals surface area contributed by atoms with E-state index >= 15 is 0 Å². The highest BCUT2D eigenvalue weighted by Crippen LogP contribution is 2.36. The van der Waals surface area contributed by atoms with Gasteiger partial charge in [0.1, 0.15) is 5.75 Å². The van der Waals surface area contributed by atoms with Crippen molar-refractivity contribution in [2.45, 2.75) is 51.9 Å². The molecule has 8 heteroatoms. The molecule has 1 fully saturated rings. The third kappa shape index (κ3) is 3.70. The quantitative estimate of drug-likeness (QED) is 0.608. The van der Waals surface area contributed by atoms with E-state index in [1.807, 2.05) is 27.7 Å². The first-order valence-electron chi connectivity index (χ1n) is 7.68. The smallest absolute Gasteiger partial charge is 0.459 e. The molecule has 1 saturated heterocycles. The van der Waals surface area contributed by atoms with E-state index in [0.29, 0.717) is 5.46 Å². The molecule has 0 aromatic heterocycles. The second kappa shape index (κ2) is 6.33. The number of esters is 1. The van der Waals surface area contributed by atoms with Crippen molar-refractivity contribution in [3.05, 3.63) is 24.3 Å². The van der Waals surface area contributed by atoms with E-state index in [4.69, 9.17) is 9.31 Å². The number of alkyl halides is 2. The van der Waals surface area contributed by atoms with Crippen molar-refractivity contribution in [2.75, 3.05) is 6.61 Å². The molecule has 0 unspecified atom stereocenters. The van der Waals surface area contributed by atoms with Crippen LogP contribution in [0, 0.1) is 0 Å². The van der Waals surface area contributed by atoms with Crippen molar-refractivity contribution < 1.29 is 32.4 Å². The van der Waals surface area contributed by atoms with Gasteiger partial charge >= 0.3 is 19.2 Å². The summed E-state index contributed by atoms with van der Waals surface area (Å²) >= 11 is 0. The highest BCUT2D eigenvalue weighted by atomic mass is 19.3. The summed E-state index contributed by atoms with van der Waals surface area (Å²) in [6, 6.07) is 5.76. The molecule has 5 nitrogen and oxygen atoms in total. The maximum Gasteiger partial charge on any atom is 0.502 e. The van der Waals surface area contributed by atoms with Gasteiger partial charge in [0.25, 0.3) is 0 Å². The van der Waals surface area contributed by atoms with E-state index in [9.17, 15) is 13.6 Å². The molecular formula is C16H21BF2O5. The lowest BCUT2D eigenvalue weighted by atomic mass is 9.79. The number of hydrogen-bond donors (Lipinski definition) is 0. The maximum absolute atomic E-state index is 13.5. The van der Waals surface area contributed by atoms with Crippen LogP contribution in [-0.2, 0) is 18.8 Å². The molecular weight excluding hydrogens is 321 g/mol. The van der Waals surface area contributed by atoms with Crippen molar-refractivity contribution >= 4 is 18.6 Å². The Morgan fingerprint density at radius 1 is 1.12 bits per heavy atom. The van der Waals surface area contributed by atoms with Crippen LogP contribution in [-0.4, -0.2) is 37.0 Å². The van der Waals surface area contributed by atoms with Gasteiger partial charge in [-0.15, -0.1) is 0 Å². The zero-order chi connectivity index (χ0) is 18.2. The van der Waals surface area contributed by atoms with Gasteiger partial charge in [-0.2, -0.15) is 8.78 Å². The molecule has 0 N–H and O–H groups in total. The Labute approximate surface area is 140 Å². The molecule has 1 aromatic rings. The van der Waals surface area contributed by atoms with Crippen LogP contribution in [0.5, 0.6) is 5.75 Å². The van der Waals surface area contributed by atoms with Crippen molar-refractivity contribution in [1.82, 2.24) is 0 Å². The fraction of sp³-hybridized carbons (Fsp3) is 0.562. The van der Waals surface area contributed by atoms with Crippen LogP contribution >= 0.6 is 0 Å². The zero-order valence-corrected chi connectivity index (χ0v) is 14.4. The van der Waals surface area contributed by atoms with Crippen molar-refractivity contribution in [3.63, 3.8) is 0 Å². The number of rotatable bonds is 5. The lowest BCUT2D eigenvalue weighted by molar-refractivity contribution is -0.216. The Bertz CT molecular complexity index is 585. The van der Waals surface area contributed by atoms with Crippen molar-refractivity contribution in [1.29, 1.82) is 0 Å². The first-order valence-corrected chi connectivity index (χ1v) is 7.68. The Hall–Kier alpha value is -1.67. The summed E-state index contributed by atoms with van der Waals surface area (Å²) in [5, 5.41) is 0. The number of benzene rings is 1. The molecule has 0 radical (unpaired) electrons.